The van der Waals surface area contributed by atoms with Crippen LogP contribution in [0.15, 0.2) is 47.5 Å². The third-order valence-corrected chi connectivity index (χ3v) is 4.64. The van der Waals surface area contributed by atoms with Crippen molar-refractivity contribution in [3.63, 3.8) is 0 Å². The fourth-order valence-electron chi connectivity index (χ4n) is 2.64. The number of thiophene rings is 1. The molecule has 20 heavy (non-hydrogen) atoms. The van der Waals surface area contributed by atoms with Crippen molar-refractivity contribution < 1.29 is 0 Å². The SMILES string of the molecule is Cc1cccc2sc3c(c12)C(N)=Nc1ccccc1N3. The van der Waals surface area contributed by atoms with Crippen LogP contribution in [0, 0.1) is 6.92 Å². The summed E-state index contributed by atoms with van der Waals surface area (Å²) >= 11 is 1.72. The molecule has 2 heterocycles. The van der Waals surface area contributed by atoms with Crippen molar-refractivity contribution in [2.45, 2.75) is 6.92 Å². The van der Waals surface area contributed by atoms with Gasteiger partial charge in [0, 0.05) is 10.1 Å². The van der Waals surface area contributed by atoms with Crippen LogP contribution in [0.1, 0.15) is 11.1 Å². The van der Waals surface area contributed by atoms with E-state index in [-0.39, 0.29) is 0 Å². The van der Waals surface area contributed by atoms with Gasteiger partial charge in [-0.2, -0.15) is 0 Å². The van der Waals surface area contributed by atoms with Crippen LogP contribution < -0.4 is 11.1 Å². The number of benzene rings is 2. The largest absolute Gasteiger partial charge is 0.383 e. The minimum Gasteiger partial charge on any atom is -0.383 e. The van der Waals surface area contributed by atoms with Gasteiger partial charge in [-0.25, -0.2) is 4.99 Å². The predicted molar refractivity (Wildman–Crippen MR) is 86.7 cm³/mol. The Bertz CT molecular complexity index is 861. The molecule has 1 aliphatic heterocycles. The summed E-state index contributed by atoms with van der Waals surface area (Å²) in [4.78, 5) is 4.58. The van der Waals surface area contributed by atoms with Crippen molar-refractivity contribution in [1.29, 1.82) is 0 Å². The zero-order valence-electron chi connectivity index (χ0n) is 11.0. The van der Waals surface area contributed by atoms with Gasteiger partial charge < -0.3 is 11.1 Å². The summed E-state index contributed by atoms with van der Waals surface area (Å²) in [7, 11) is 0. The monoisotopic (exact) mass is 279 g/mol. The number of aliphatic imine (C=N–C) groups is 1. The molecule has 0 saturated carbocycles. The van der Waals surface area contributed by atoms with E-state index < -0.39 is 0 Å². The predicted octanol–water partition coefficient (Wildman–Crippen LogP) is 4.30. The molecule has 4 heteroatoms. The number of fused-ring (bicyclic) bond motifs is 4. The van der Waals surface area contributed by atoms with Gasteiger partial charge in [0.05, 0.1) is 16.9 Å². The van der Waals surface area contributed by atoms with E-state index in [0.29, 0.717) is 5.84 Å². The zero-order valence-corrected chi connectivity index (χ0v) is 11.8. The molecule has 0 spiro atoms. The van der Waals surface area contributed by atoms with Crippen LogP contribution in [0.3, 0.4) is 0 Å². The van der Waals surface area contributed by atoms with Gasteiger partial charge in [-0.15, -0.1) is 11.3 Å². The molecular formula is C16H13N3S. The Kier molecular flexibility index (Phi) is 2.35. The third-order valence-electron chi connectivity index (χ3n) is 3.57. The lowest BCUT2D eigenvalue weighted by Gasteiger charge is -2.04. The third kappa shape index (κ3) is 1.55. The molecule has 0 atom stereocenters. The Balaban J connectivity index is 2.08. The van der Waals surface area contributed by atoms with Gasteiger partial charge in [-0.05, 0) is 30.7 Å². The van der Waals surface area contributed by atoms with Crippen LogP contribution in [0.2, 0.25) is 0 Å². The number of hydrogen-bond acceptors (Lipinski definition) is 4. The number of nitrogens with one attached hydrogen (secondary N) is 1. The Labute approximate surface area is 120 Å². The minimum atomic E-state index is 0.581. The molecule has 1 aromatic heterocycles. The second-order valence-electron chi connectivity index (χ2n) is 4.89. The molecule has 0 amide bonds. The smallest absolute Gasteiger partial charge is 0.135 e. The summed E-state index contributed by atoms with van der Waals surface area (Å²) in [5, 5.41) is 5.75. The van der Waals surface area contributed by atoms with Crippen molar-refractivity contribution in [3.8, 4) is 0 Å². The highest BCUT2D eigenvalue weighted by molar-refractivity contribution is 7.23. The Morgan fingerprint density at radius 1 is 1.10 bits per heavy atom. The van der Waals surface area contributed by atoms with Gasteiger partial charge in [0.1, 0.15) is 10.8 Å². The van der Waals surface area contributed by atoms with Crippen molar-refractivity contribution in [2.75, 3.05) is 5.32 Å². The number of para-hydroxylation sites is 2. The molecule has 3 nitrogen and oxygen atoms in total. The number of rotatable bonds is 0. The molecule has 2 aromatic carbocycles. The van der Waals surface area contributed by atoms with Crippen molar-refractivity contribution in [1.82, 2.24) is 0 Å². The maximum Gasteiger partial charge on any atom is 0.135 e. The topological polar surface area (TPSA) is 50.4 Å². The fourth-order valence-corrected chi connectivity index (χ4v) is 3.84. The minimum absolute atomic E-state index is 0.581. The molecule has 3 N–H and O–H groups in total. The Hall–Kier alpha value is -2.33. The van der Waals surface area contributed by atoms with Crippen molar-refractivity contribution in [2.24, 2.45) is 10.7 Å². The Morgan fingerprint density at radius 3 is 2.85 bits per heavy atom. The second kappa shape index (κ2) is 4.08. The van der Waals surface area contributed by atoms with Gasteiger partial charge in [0.2, 0.25) is 0 Å². The van der Waals surface area contributed by atoms with Crippen LogP contribution in [0.25, 0.3) is 10.1 Å². The molecule has 0 unspecified atom stereocenters. The van der Waals surface area contributed by atoms with E-state index in [2.05, 4.69) is 35.4 Å². The van der Waals surface area contributed by atoms with E-state index in [1.54, 1.807) is 11.3 Å². The summed E-state index contributed by atoms with van der Waals surface area (Å²) < 4.78 is 1.24. The lowest BCUT2D eigenvalue weighted by Crippen LogP contribution is -2.12. The number of amidine groups is 1. The molecular weight excluding hydrogens is 266 g/mol. The highest BCUT2D eigenvalue weighted by atomic mass is 32.1. The molecule has 3 aromatic rings. The molecule has 0 aliphatic carbocycles. The van der Waals surface area contributed by atoms with Crippen LogP contribution in [-0.4, -0.2) is 5.84 Å². The average molecular weight is 279 g/mol. The lowest BCUT2D eigenvalue weighted by atomic mass is 10.1. The zero-order chi connectivity index (χ0) is 13.7. The first-order chi connectivity index (χ1) is 9.74. The van der Waals surface area contributed by atoms with Gasteiger partial charge in [-0.1, -0.05) is 24.3 Å². The number of anilines is 2. The summed E-state index contributed by atoms with van der Waals surface area (Å²) in [6, 6.07) is 14.3. The van der Waals surface area contributed by atoms with E-state index in [0.717, 1.165) is 21.9 Å². The Morgan fingerprint density at radius 2 is 1.95 bits per heavy atom. The number of nitrogens with two attached hydrogens (primary N) is 1. The summed E-state index contributed by atoms with van der Waals surface area (Å²) in [6.07, 6.45) is 0. The molecule has 0 saturated heterocycles. The lowest BCUT2D eigenvalue weighted by molar-refractivity contribution is 1.48. The van der Waals surface area contributed by atoms with Crippen LogP contribution >= 0.6 is 11.3 Å². The average Bonchev–Trinajstić information content (AvgIpc) is 2.74. The first-order valence-electron chi connectivity index (χ1n) is 6.47. The van der Waals surface area contributed by atoms with E-state index in [1.807, 2.05) is 24.3 Å². The van der Waals surface area contributed by atoms with Gasteiger partial charge in [-0.3, -0.25) is 0 Å². The van der Waals surface area contributed by atoms with Crippen LogP contribution in [-0.2, 0) is 0 Å². The molecule has 98 valence electrons. The van der Waals surface area contributed by atoms with Crippen molar-refractivity contribution >= 4 is 43.6 Å². The van der Waals surface area contributed by atoms with Crippen LogP contribution in [0.5, 0.6) is 0 Å². The van der Waals surface area contributed by atoms with Gasteiger partial charge >= 0.3 is 0 Å². The van der Waals surface area contributed by atoms with E-state index in [9.17, 15) is 0 Å². The maximum absolute atomic E-state index is 6.26. The molecule has 4 rings (SSSR count). The van der Waals surface area contributed by atoms with Gasteiger partial charge in [0.15, 0.2) is 0 Å². The number of aryl methyl sites for hydroxylation is 1. The first-order valence-corrected chi connectivity index (χ1v) is 7.28. The quantitative estimate of drug-likeness (QED) is 0.644. The summed E-state index contributed by atoms with van der Waals surface area (Å²) in [5.41, 5.74) is 10.4. The summed E-state index contributed by atoms with van der Waals surface area (Å²) in [6.45, 7) is 2.11. The van der Waals surface area contributed by atoms with Crippen LogP contribution in [0.4, 0.5) is 16.4 Å². The second-order valence-corrected chi connectivity index (χ2v) is 5.95. The normalized spacial score (nSPS) is 13.2. The molecule has 1 aliphatic rings. The van der Waals surface area contributed by atoms with E-state index in [4.69, 9.17) is 5.73 Å². The molecule has 0 radical (unpaired) electrons. The van der Waals surface area contributed by atoms with Gasteiger partial charge in [0.25, 0.3) is 0 Å². The van der Waals surface area contributed by atoms with E-state index >= 15 is 0 Å². The highest BCUT2D eigenvalue weighted by Gasteiger charge is 2.20. The number of nitrogens with zero attached hydrogens (tertiary/aromatic N) is 1. The fraction of sp³-hybridized carbons (Fsp3) is 0.0625. The summed E-state index contributed by atoms with van der Waals surface area (Å²) in [5.74, 6) is 0.581. The first kappa shape index (κ1) is 11.5. The standard InChI is InChI=1S/C16H13N3S/c1-9-5-4-8-12-13(9)14-15(17)18-10-6-2-3-7-11(10)19-16(14)20-12/h2-8,19H,1H3,(H2,17,18). The number of hydrogen-bond donors (Lipinski definition) is 2. The maximum atomic E-state index is 6.26. The highest BCUT2D eigenvalue weighted by Crippen LogP contribution is 2.42. The van der Waals surface area contributed by atoms with Crippen molar-refractivity contribution in [3.05, 3.63) is 53.6 Å². The van der Waals surface area contributed by atoms with E-state index in [1.165, 1.54) is 15.6 Å². The molecule has 0 fully saturated rings. The molecule has 0 bridgehead atoms.